The number of benzene rings is 1. The molecule has 3 heteroatoms. The fraction of sp³-hybridized carbons (Fsp3) is 0.273. The molecule has 0 bridgehead atoms. The Bertz CT molecular complexity index is 1450. The molecule has 1 unspecified atom stereocenters. The maximum absolute atomic E-state index is 8.40. The minimum atomic E-state index is -2.61. The zero-order valence-electron chi connectivity index (χ0n) is 23.8. The average molecular weight is 340 g/mol. The summed E-state index contributed by atoms with van der Waals surface area (Å²) in [6.45, 7) is -4.86. The van der Waals surface area contributed by atoms with Gasteiger partial charge in [0, 0.05) is 36.5 Å². The summed E-state index contributed by atoms with van der Waals surface area (Å²) in [6, 6.07) is 7.12. The highest BCUT2D eigenvalue weighted by Gasteiger charge is 2.18. The number of aryl methyl sites for hydroxylation is 3. The Labute approximate surface area is 161 Å². The highest BCUT2D eigenvalue weighted by Crippen LogP contribution is 2.38. The molecule has 0 saturated carbocycles. The van der Waals surface area contributed by atoms with Crippen LogP contribution in [0.4, 0.5) is 0 Å². The van der Waals surface area contributed by atoms with Gasteiger partial charge in [0.15, 0.2) is 0 Å². The second-order valence-electron chi connectivity index (χ2n) is 6.01. The van der Waals surface area contributed by atoms with Crippen molar-refractivity contribution in [1.82, 2.24) is 9.97 Å². The van der Waals surface area contributed by atoms with Crippen LogP contribution in [0.2, 0.25) is 0 Å². The van der Waals surface area contributed by atoms with Gasteiger partial charge in [-0.25, -0.2) is 4.98 Å². The molecular weight excluding hydrogens is 308 g/mol. The van der Waals surface area contributed by atoms with Crippen LogP contribution in [0.5, 0.6) is 0 Å². The molecule has 3 nitrogen and oxygen atoms in total. The fourth-order valence-electron chi connectivity index (χ4n) is 3.01. The number of furan rings is 1. The number of pyridine rings is 2. The van der Waals surface area contributed by atoms with Crippen molar-refractivity contribution in [2.24, 2.45) is 0 Å². The van der Waals surface area contributed by atoms with E-state index in [0.29, 0.717) is 11.3 Å². The first-order chi connectivity index (χ1) is 15.9. The lowest BCUT2D eigenvalue weighted by molar-refractivity contribution is 0.653. The summed E-state index contributed by atoms with van der Waals surface area (Å²) in [5.41, 5.74) is 1.02. The van der Waals surface area contributed by atoms with Crippen LogP contribution in [0, 0.1) is 20.6 Å². The molecule has 3 aromatic heterocycles. The molecule has 3 heterocycles. The van der Waals surface area contributed by atoms with Gasteiger partial charge in [-0.3, -0.25) is 4.98 Å². The molecule has 4 aromatic rings. The minimum absolute atomic E-state index is 0.0203. The summed E-state index contributed by atoms with van der Waals surface area (Å²) in [7, 11) is 0. The van der Waals surface area contributed by atoms with Crippen molar-refractivity contribution in [2.75, 3.05) is 0 Å². The van der Waals surface area contributed by atoms with E-state index in [0.717, 1.165) is 0 Å². The first-order valence-corrected chi connectivity index (χ1v) is 7.77. The van der Waals surface area contributed by atoms with E-state index in [1.54, 1.807) is 6.92 Å². The van der Waals surface area contributed by atoms with E-state index in [1.807, 2.05) is 0 Å². The molecule has 4 rings (SSSR count). The number of hydrogen-bond donors (Lipinski definition) is 0. The molecule has 0 aliphatic rings. The molecule has 0 N–H and O–H groups in total. The molecule has 0 amide bonds. The maximum Gasteiger partial charge on any atom is 0.227 e. The summed E-state index contributed by atoms with van der Waals surface area (Å²) < 4.78 is 85.7. The first-order valence-electron chi connectivity index (χ1n) is 12.8. The van der Waals surface area contributed by atoms with Crippen LogP contribution < -0.4 is 0 Å². The van der Waals surface area contributed by atoms with Gasteiger partial charge in [0.2, 0.25) is 5.71 Å². The number of fused-ring (bicyclic) bond motifs is 3. The van der Waals surface area contributed by atoms with Crippen LogP contribution in [0.15, 0.2) is 40.9 Å². The smallest absolute Gasteiger partial charge is 0.227 e. The van der Waals surface area contributed by atoms with E-state index in [9.17, 15) is 0 Å². The monoisotopic (exact) mass is 340 g/mol. The molecule has 0 saturated heterocycles. The van der Waals surface area contributed by atoms with Crippen molar-refractivity contribution in [2.45, 2.75) is 40.3 Å². The minimum Gasteiger partial charge on any atom is -0.437 e. The number of nitrogens with zero attached hydrogens (tertiary/aromatic N) is 2. The summed E-state index contributed by atoms with van der Waals surface area (Å²) in [4.78, 5) is 8.62. The second-order valence-corrected chi connectivity index (χ2v) is 6.01. The lowest BCUT2D eigenvalue weighted by atomic mass is 9.98. The van der Waals surface area contributed by atoms with Gasteiger partial charge in [0.25, 0.3) is 0 Å². The first kappa shape index (κ1) is 8.13. The van der Waals surface area contributed by atoms with Gasteiger partial charge in [0.1, 0.15) is 5.58 Å². The molecule has 126 valence electrons. The van der Waals surface area contributed by atoms with E-state index in [1.165, 1.54) is 43.5 Å². The Hall–Kier alpha value is -2.68. The van der Waals surface area contributed by atoms with Gasteiger partial charge in [-0.2, -0.15) is 0 Å². The average Bonchev–Trinajstić information content (AvgIpc) is 3.09. The van der Waals surface area contributed by atoms with E-state index in [-0.39, 0.29) is 44.5 Å². The summed E-state index contributed by atoms with van der Waals surface area (Å²) in [6.07, 6.45) is 1.37. The lowest BCUT2D eigenvalue weighted by Gasteiger charge is -2.08. The van der Waals surface area contributed by atoms with E-state index in [4.69, 9.17) is 18.1 Å². The van der Waals surface area contributed by atoms with E-state index < -0.39 is 26.4 Å². The molecule has 25 heavy (non-hydrogen) atoms. The van der Waals surface area contributed by atoms with Gasteiger partial charge in [0.05, 0.1) is 11.1 Å². The van der Waals surface area contributed by atoms with Gasteiger partial charge < -0.3 is 4.42 Å². The molecule has 0 spiro atoms. The Morgan fingerprint density at radius 1 is 1.12 bits per heavy atom. The summed E-state index contributed by atoms with van der Waals surface area (Å²) in [5, 5.41) is 0.176. The fourth-order valence-corrected chi connectivity index (χ4v) is 3.01. The van der Waals surface area contributed by atoms with Crippen molar-refractivity contribution in [3.63, 3.8) is 0 Å². The topological polar surface area (TPSA) is 38.9 Å². The maximum atomic E-state index is 8.40. The number of rotatable bonds is 2. The zero-order valence-corrected chi connectivity index (χ0v) is 13.8. The van der Waals surface area contributed by atoms with Crippen molar-refractivity contribution in [1.29, 1.82) is 0 Å². The number of aromatic nitrogens is 2. The predicted octanol–water partition coefficient (Wildman–Crippen LogP) is 6.09. The molecule has 0 aliphatic carbocycles. The van der Waals surface area contributed by atoms with Crippen LogP contribution in [0.25, 0.3) is 33.3 Å². The van der Waals surface area contributed by atoms with Gasteiger partial charge in [-0.1, -0.05) is 19.8 Å². The molecular formula is C22H22N2O. The zero-order chi connectivity index (χ0) is 26.1. The SMILES string of the molecule is [2H]C([2H])([2H])c1cc(C)nc2oc3c(-c4cc(C([2H])(C)C([2H])([2H])[2H])ccn4)ccc(C([2H])([2H])[2H])c3c12. The Morgan fingerprint density at radius 3 is 2.80 bits per heavy atom. The standard InChI is InChI=1S/C22H22N2O/c1-12(2)16-8-9-23-18(11-16)17-7-6-13(3)19-20-14(4)10-15(5)24-22(20)25-21(17)19/h6-12H,1-5H3/i1D3,3D3,4D3,12D. The highest BCUT2D eigenvalue weighted by molar-refractivity contribution is 6.11. The van der Waals surface area contributed by atoms with Crippen LogP contribution in [-0.2, 0) is 0 Å². The quantitative estimate of drug-likeness (QED) is 0.443. The molecule has 0 radical (unpaired) electrons. The third kappa shape index (κ3) is 2.51. The van der Waals surface area contributed by atoms with Crippen molar-refractivity contribution < 1.29 is 18.1 Å². The van der Waals surface area contributed by atoms with Crippen molar-refractivity contribution >= 4 is 22.1 Å². The highest BCUT2D eigenvalue weighted by atomic mass is 16.3. The largest absolute Gasteiger partial charge is 0.437 e. The summed E-state index contributed by atoms with van der Waals surface area (Å²) >= 11 is 0. The third-order valence-corrected chi connectivity index (χ3v) is 4.19. The number of hydrogen-bond acceptors (Lipinski definition) is 3. The van der Waals surface area contributed by atoms with Crippen LogP contribution in [0.1, 0.15) is 55.8 Å². The normalized spacial score (nSPS) is 21.5. The van der Waals surface area contributed by atoms with Crippen molar-refractivity contribution in [3.05, 3.63) is 58.9 Å². The van der Waals surface area contributed by atoms with Gasteiger partial charge in [-0.15, -0.1) is 0 Å². The molecule has 1 aromatic carbocycles. The Kier molecular flexibility index (Phi) is 1.85. The lowest BCUT2D eigenvalue weighted by Crippen LogP contribution is -1.91. The molecule has 0 aliphatic heterocycles. The summed E-state index contributed by atoms with van der Waals surface area (Å²) in [5.74, 6) is -1.93. The van der Waals surface area contributed by atoms with Crippen molar-refractivity contribution in [3.8, 4) is 11.3 Å². The van der Waals surface area contributed by atoms with E-state index in [2.05, 4.69) is 9.97 Å². The molecule has 1 atom stereocenters. The Balaban J connectivity index is 2.12. The Morgan fingerprint density at radius 2 is 2.00 bits per heavy atom. The van der Waals surface area contributed by atoms with Gasteiger partial charge in [-0.05, 0) is 67.5 Å². The molecule has 0 fully saturated rings. The second kappa shape index (κ2) is 5.69. The third-order valence-electron chi connectivity index (χ3n) is 4.19. The van der Waals surface area contributed by atoms with Crippen LogP contribution >= 0.6 is 0 Å². The van der Waals surface area contributed by atoms with Crippen LogP contribution in [-0.4, -0.2) is 9.97 Å². The van der Waals surface area contributed by atoms with E-state index >= 15 is 0 Å². The predicted molar refractivity (Wildman–Crippen MR) is 103 cm³/mol. The van der Waals surface area contributed by atoms with Gasteiger partial charge >= 0.3 is 0 Å². The van der Waals surface area contributed by atoms with Crippen LogP contribution in [0.3, 0.4) is 0 Å².